The van der Waals surface area contributed by atoms with Gasteiger partial charge in [0, 0.05) is 180 Å². The Morgan fingerprint density at radius 1 is 0.188 bits per heavy atom. The van der Waals surface area contributed by atoms with Crippen LogP contribution < -0.4 is 0 Å². The number of fused-ring (bicyclic) bond motifs is 13. The molecule has 0 radical (unpaired) electrons. The molecule has 45 heteroatoms. The molecule has 572 valence electrons. The van der Waals surface area contributed by atoms with Crippen molar-refractivity contribution in [2.24, 2.45) is 0 Å². The van der Waals surface area contributed by atoms with Gasteiger partial charge in [-0.25, -0.2) is 112 Å². The molecule has 0 fully saturated rings. The summed E-state index contributed by atoms with van der Waals surface area (Å²) >= 11 is 0. The molecule has 26 aromatic heterocycles. The van der Waals surface area contributed by atoms with Gasteiger partial charge >= 0.3 is 0 Å². The molecule has 0 aliphatic rings. The summed E-state index contributed by atoms with van der Waals surface area (Å²) in [5.41, 5.74) is 8.31. The van der Waals surface area contributed by atoms with Crippen LogP contribution >= 0.6 is 0 Å². The third kappa shape index (κ3) is 21.7. The maximum atomic E-state index is 4.04. The van der Waals surface area contributed by atoms with Crippen molar-refractivity contribution in [1.29, 1.82) is 0 Å². The van der Waals surface area contributed by atoms with E-state index in [9.17, 15) is 0 Å². The summed E-state index contributed by atoms with van der Waals surface area (Å²) in [5, 5.41) is 52.8. The van der Waals surface area contributed by atoms with Crippen molar-refractivity contribution < 1.29 is 0 Å². The van der Waals surface area contributed by atoms with Crippen molar-refractivity contribution in [3.63, 3.8) is 0 Å². The molecule has 0 bridgehead atoms. The maximum Gasteiger partial charge on any atom is 0.253 e. The Morgan fingerprint density at radius 2 is 0.726 bits per heavy atom. The number of aromatic nitrogens is 45. The standard InChI is InChI=1S/7C6H5N3.6C5H4N4/c1-3-9-4-2-8-6(9)5-7-1;1-2-7-5-9-4-3-8-6(1)9;1-2-6-3-4-7-8-9(6)5-1;1-2-7-6-8-3-5-9(6)4-1;1-2-6-4-7-8-5-9(6)3-1;1-2-6-4-7-5-8-9(6)3-1;1-2-6-7-4-5-9(6)8-3-1;1-3-9-4-2-7-8-5(9)6-1;1-2-9-4-6-3-8-5(9)7-1;1-2-9-5(7-1)3-6-4-8-9;1-2-9-4-8-7-3-5(9)6-1;1-2-8-9-4-3-7-5(9)6-1;1-2-7-8-9-4-3-6-5(1)9/h7*1-5H;6*1-4H. The second kappa shape index (κ2) is 40.2. The fourth-order valence-corrected chi connectivity index (χ4v) is 9.56. The SMILES string of the molecule is c1cc2ccnnn2c1.c1cc2cncnn2c1.c1cc2cnncn2c1.c1cc2nccn2cn1.c1cc2nccn2nn1.c1cn2ccnc2cn1.c1cn2ccnc2nn1.c1cn2cncnc2n1.c1cn2cnncc2n1.c1cn2ncncc2n1.c1cnc2nccn2c1.c1cnn2ccnc2c1.c1cnn2ccnc2n1. The molecule has 0 atom stereocenters. The molecule has 26 aromatic rings. The zero-order chi connectivity index (χ0) is 79.4. The summed E-state index contributed by atoms with van der Waals surface area (Å²) in [7, 11) is 0. The van der Waals surface area contributed by atoms with Gasteiger partial charge < -0.3 is 8.80 Å². The van der Waals surface area contributed by atoms with Gasteiger partial charge in [-0.3, -0.25) is 27.0 Å². The predicted octanol–water partition coefficient (Wildman–Crippen LogP) is 5.85. The van der Waals surface area contributed by atoms with Crippen LogP contribution in [0.3, 0.4) is 0 Å². The highest BCUT2D eigenvalue weighted by atomic mass is 15.4. The molecule has 0 N–H and O–H groups in total. The summed E-state index contributed by atoms with van der Waals surface area (Å²) in [6, 6.07) is 23.0. The van der Waals surface area contributed by atoms with Gasteiger partial charge in [-0.15, -0.1) is 25.5 Å². The van der Waals surface area contributed by atoms with Crippen molar-refractivity contribution in [3.8, 4) is 0 Å². The molecule has 26 rings (SSSR count). The number of hydrogen-bond donors (Lipinski definition) is 0. The highest BCUT2D eigenvalue weighted by molar-refractivity contribution is 5.45. The van der Waals surface area contributed by atoms with Gasteiger partial charge in [0.05, 0.1) is 90.9 Å². The largest absolute Gasteiger partial charge is 0.305 e. The summed E-state index contributed by atoms with van der Waals surface area (Å²) in [5.74, 6) is 2.71. The van der Waals surface area contributed by atoms with Crippen LogP contribution in [0.4, 0.5) is 0 Å². The van der Waals surface area contributed by atoms with Crippen LogP contribution in [0.1, 0.15) is 0 Å². The first-order valence-corrected chi connectivity index (χ1v) is 34.3. The van der Waals surface area contributed by atoms with E-state index in [0.29, 0.717) is 17.3 Å². The van der Waals surface area contributed by atoms with Crippen molar-refractivity contribution in [2.45, 2.75) is 0 Å². The van der Waals surface area contributed by atoms with Crippen LogP contribution in [0.5, 0.6) is 0 Å². The van der Waals surface area contributed by atoms with E-state index >= 15 is 0 Å². The molecule has 45 nitrogen and oxygen atoms in total. The molecule has 0 amide bonds. The lowest BCUT2D eigenvalue weighted by molar-refractivity contribution is 0.807. The van der Waals surface area contributed by atoms with Crippen LogP contribution in [-0.2, 0) is 0 Å². The van der Waals surface area contributed by atoms with Crippen LogP contribution in [0.15, 0.2) is 365 Å². The van der Waals surface area contributed by atoms with Crippen LogP contribution in [-0.4, -0.2) is 219 Å². The second-order valence-electron chi connectivity index (χ2n) is 22.3. The summed E-state index contributed by atoms with van der Waals surface area (Å²) < 4.78 is 23.0. The van der Waals surface area contributed by atoms with Gasteiger partial charge in [0.2, 0.25) is 11.6 Å². The van der Waals surface area contributed by atoms with Gasteiger partial charge in [0.15, 0.2) is 28.2 Å². The lowest BCUT2D eigenvalue weighted by atomic mass is 10.5. The lowest BCUT2D eigenvalue weighted by Gasteiger charge is -1.86. The molecular weight excluding hydrogens is 1500 g/mol. The fourth-order valence-electron chi connectivity index (χ4n) is 9.56. The minimum absolute atomic E-state index is 0.637. The fraction of sp³-hybridized carbons (Fsp3) is 0. The van der Waals surface area contributed by atoms with Crippen LogP contribution in [0.25, 0.3) is 73.5 Å². The van der Waals surface area contributed by atoms with E-state index < -0.39 is 0 Å². The van der Waals surface area contributed by atoms with Gasteiger partial charge in [-0.1, -0.05) is 10.4 Å². The minimum Gasteiger partial charge on any atom is -0.305 e. The molecule has 0 aliphatic heterocycles. The first-order valence-electron chi connectivity index (χ1n) is 34.3. The highest BCUT2D eigenvalue weighted by Crippen LogP contribution is 2.03. The van der Waals surface area contributed by atoms with E-state index in [-0.39, 0.29) is 0 Å². The Balaban J connectivity index is 0.000000104. The zero-order valence-corrected chi connectivity index (χ0v) is 60.7. The third-order valence-corrected chi connectivity index (χ3v) is 14.9. The van der Waals surface area contributed by atoms with Crippen molar-refractivity contribution >= 4 is 73.5 Å². The van der Waals surface area contributed by atoms with Gasteiger partial charge in [0.25, 0.3) is 11.6 Å². The molecule has 0 saturated carbocycles. The number of nitrogens with zero attached hydrogens (tertiary/aromatic N) is 45. The lowest BCUT2D eigenvalue weighted by Crippen LogP contribution is -1.90. The van der Waals surface area contributed by atoms with E-state index in [1.807, 2.05) is 152 Å². The predicted molar refractivity (Wildman–Crippen MR) is 416 cm³/mol. The molecular formula is C72H59N45. The van der Waals surface area contributed by atoms with Crippen LogP contribution in [0.2, 0.25) is 0 Å². The van der Waals surface area contributed by atoms with Crippen LogP contribution in [0, 0.1) is 0 Å². The Hall–Kier alpha value is -18.4. The number of imidazole rings is 10. The zero-order valence-electron chi connectivity index (χ0n) is 60.7. The molecule has 117 heavy (non-hydrogen) atoms. The van der Waals surface area contributed by atoms with E-state index in [4.69, 9.17) is 0 Å². The van der Waals surface area contributed by atoms with E-state index in [1.54, 1.807) is 251 Å². The Bertz CT molecular complexity index is 5260. The normalized spacial score (nSPS) is 10.2. The summed E-state index contributed by atoms with van der Waals surface area (Å²) in [6.45, 7) is 0. The first kappa shape index (κ1) is 75.5. The topological polar surface area (TPSA) is 470 Å². The molecule has 0 aromatic carbocycles. The second-order valence-corrected chi connectivity index (χ2v) is 22.3. The van der Waals surface area contributed by atoms with Crippen molar-refractivity contribution in [3.05, 3.63) is 365 Å². The monoisotopic (exact) mass is 1550 g/mol. The maximum absolute atomic E-state index is 4.04. The Morgan fingerprint density at radius 3 is 1.48 bits per heavy atom. The van der Waals surface area contributed by atoms with E-state index in [1.165, 1.54) is 19.0 Å². The highest BCUT2D eigenvalue weighted by Gasteiger charge is 1.97. The molecule has 0 unspecified atom stereocenters. The van der Waals surface area contributed by atoms with Crippen molar-refractivity contribution in [2.75, 3.05) is 0 Å². The quantitative estimate of drug-likeness (QED) is 0.172. The van der Waals surface area contributed by atoms with Crippen molar-refractivity contribution in [1.82, 2.24) is 219 Å². The summed E-state index contributed by atoms with van der Waals surface area (Å²) in [4.78, 5) is 70.8. The molecule has 0 aliphatic carbocycles. The molecule has 0 spiro atoms. The van der Waals surface area contributed by atoms with Gasteiger partial charge in [0.1, 0.15) is 49.9 Å². The summed E-state index contributed by atoms with van der Waals surface area (Å²) in [6.07, 6.45) is 81.2. The average Bonchev–Trinajstić information content (AvgIpc) is 1.95. The minimum atomic E-state index is 0.637. The average molecular weight is 1550 g/mol. The smallest absolute Gasteiger partial charge is 0.253 e. The van der Waals surface area contributed by atoms with E-state index in [0.717, 1.165) is 56.2 Å². The third-order valence-electron chi connectivity index (χ3n) is 14.9. The Labute approximate surface area is 654 Å². The van der Waals surface area contributed by atoms with Gasteiger partial charge in [-0.2, -0.15) is 35.7 Å². The number of hydrogen-bond acceptors (Lipinski definition) is 32. The molecule has 0 saturated heterocycles. The van der Waals surface area contributed by atoms with Gasteiger partial charge in [-0.05, 0) is 66.7 Å². The molecule has 26 heterocycles. The Kier molecular flexibility index (Phi) is 25.9. The first-order chi connectivity index (χ1) is 58.1. The van der Waals surface area contributed by atoms with E-state index in [2.05, 4.69) is 161 Å². The number of rotatable bonds is 0.